The first-order chi connectivity index (χ1) is 6.91. The number of hydrogen-bond acceptors (Lipinski definition) is 0. The van der Waals surface area contributed by atoms with Crippen LogP contribution in [0.2, 0.25) is 0 Å². The van der Waals surface area contributed by atoms with Crippen LogP contribution in [-0.4, -0.2) is 0 Å². The fourth-order valence-corrected chi connectivity index (χ4v) is 2.53. The lowest BCUT2D eigenvalue weighted by Gasteiger charge is -2.36. The Hall–Kier alpha value is -0.780. The first kappa shape index (κ1) is 12.3. The van der Waals surface area contributed by atoms with Crippen LogP contribution in [0.1, 0.15) is 40.0 Å². The summed E-state index contributed by atoms with van der Waals surface area (Å²) < 4.78 is 0. The monoisotopic (exact) mass is 204 g/mol. The molecule has 0 amide bonds. The fourth-order valence-electron chi connectivity index (χ4n) is 2.53. The lowest BCUT2D eigenvalue weighted by molar-refractivity contribution is 0.268. The molecular formula is C15H24. The van der Waals surface area contributed by atoms with Gasteiger partial charge in [-0.2, -0.15) is 0 Å². The van der Waals surface area contributed by atoms with E-state index in [1.54, 1.807) is 0 Å². The van der Waals surface area contributed by atoms with Crippen LogP contribution in [-0.2, 0) is 0 Å². The highest BCUT2D eigenvalue weighted by atomic mass is 14.3. The van der Waals surface area contributed by atoms with Crippen LogP contribution in [0.3, 0.4) is 0 Å². The van der Waals surface area contributed by atoms with Gasteiger partial charge in [0.2, 0.25) is 0 Å². The van der Waals surface area contributed by atoms with E-state index in [2.05, 4.69) is 40.5 Å². The largest absolute Gasteiger partial charge is 0.0999 e. The van der Waals surface area contributed by atoms with E-state index in [9.17, 15) is 0 Å². The van der Waals surface area contributed by atoms with Gasteiger partial charge in [-0.25, -0.2) is 0 Å². The van der Waals surface area contributed by atoms with Crippen molar-refractivity contribution in [1.29, 1.82) is 0 Å². The van der Waals surface area contributed by atoms with Gasteiger partial charge in [0.25, 0.3) is 0 Å². The number of hydrogen-bond donors (Lipinski definition) is 0. The maximum absolute atomic E-state index is 4.11. The molecule has 0 saturated heterocycles. The molecule has 1 aliphatic carbocycles. The molecule has 0 bridgehead atoms. The second kappa shape index (κ2) is 4.83. The molecular weight excluding hydrogens is 180 g/mol. The van der Waals surface area contributed by atoms with E-state index in [0.717, 1.165) is 0 Å². The summed E-state index contributed by atoms with van der Waals surface area (Å²) in [7, 11) is 0. The van der Waals surface area contributed by atoms with Gasteiger partial charge in [-0.05, 0) is 57.8 Å². The molecule has 0 aromatic rings. The predicted molar refractivity (Wildman–Crippen MR) is 68.8 cm³/mol. The molecule has 0 heteroatoms. The molecule has 1 rings (SSSR count). The predicted octanol–water partition coefficient (Wildman–Crippen LogP) is 4.75. The van der Waals surface area contributed by atoms with Crippen molar-refractivity contribution in [3.05, 3.63) is 36.5 Å². The fraction of sp³-hybridized carbons (Fsp3) is 0.600. The SMILES string of the molecule is C=C(C)C1CC(C(=C)C)CC(C(=C)C)C1. The van der Waals surface area contributed by atoms with Crippen molar-refractivity contribution in [3.8, 4) is 0 Å². The summed E-state index contributed by atoms with van der Waals surface area (Å²) in [4.78, 5) is 0. The van der Waals surface area contributed by atoms with Crippen molar-refractivity contribution in [3.63, 3.8) is 0 Å². The van der Waals surface area contributed by atoms with Gasteiger partial charge < -0.3 is 0 Å². The molecule has 0 heterocycles. The van der Waals surface area contributed by atoms with Crippen molar-refractivity contribution in [1.82, 2.24) is 0 Å². The Morgan fingerprint density at radius 3 is 1.00 bits per heavy atom. The molecule has 0 spiro atoms. The van der Waals surface area contributed by atoms with E-state index in [0.29, 0.717) is 17.8 Å². The molecule has 0 unspecified atom stereocenters. The van der Waals surface area contributed by atoms with Crippen LogP contribution in [0.25, 0.3) is 0 Å². The van der Waals surface area contributed by atoms with E-state index >= 15 is 0 Å². The van der Waals surface area contributed by atoms with Gasteiger partial charge in [0, 0.05) is 0 Å². The lowest BCUT2D eigenvalue weighted by Crippen LogP contribution is -2.24. The molecule has 1 saturated carbocycles. The molecule has 0 aromatic heterocycles. The second-order valence-electron chi connectivity index (χ2n) is 5.34. The summed E-state index contributed by atoms with van der Waals surface area (Å²) in [6, 6.07) is 0. The van der Waals surface area contributed by atoms with Crippen molar-refractivity contribution in [2.45, 2.75) is 40.0 Å². The van der Waals surface area contributed by atoms with Crippen LogP contribution in [0, 0.1) is 17.8 Å². The van der Waals surface area contributed by atoms with Gasteiger partial charge in [-0.15, -0.1) is 0 Å². The topological polar surface area (TPSA) is 0 Å². The third kappa shape index (κ3) is 3.09. The molecule has 0 radical (unpaired) electrons. The summed E-state index contributed by atoms with van der Waals surface area (Å²) in [5, 5.41) is 0. The van der Waals surface area contributed by atoms with Crippen molar-refractivity contribution in [2.24, 2.45) is 17.8 Å². The Balaban J connectivity index is 2.77. The highest BCUT2D eigenvalue weighted by Gasteiger charge is 2.29. The molecule has 84 valence electrons. The van der Waals surface area contributed by atoms with Crippen molar-refractivity contribution >= 4 is 0 Å². The van der Waals surface area contributed by atoms with E-state index in [1.165, 1.54) is 36.0 Å². The lowest BCUT2D eigenvalue weighted by atomic mass is 9.69. The maximum Gasteiger partial charge on any atom is -0.0197 e. The third-order valence-corrected chi connectivity index (χ3v) is 3.80. The van der Waals surface area contributed by atoms with Gasteiger partial charge in [0.1, 0.15) is 0 Å². The standard InChI is InChI=1S/C15H24/c1-10(2)13-7-14(11(3)4)9-15(8-13)12(5)6/h13-15H,1,3,5,7-9H2,2,4,6H3. The Morgan fingerprint density at radius 2 is 0.867 bits per heavy atom. The average Bonchev–Trinajstić information content (AvgIpc) is 2.16. The summed E-state index contributed by atoms with van der Waals surface area (Å²) in [5.74, 6) is 2.01. The Bertz CT molecular complexity index is 229. The van der Waals surface area contributed by atoms with Crippen LogP contribution < -0.4 is 0 Å². The van der Waals surface area contributed by atoms with E-state index < -0.39 is 0 Å². The first-order valence-electron chi connectivity index (χ1n) is 5.88. The first-order valence-corrected chi connectivity index (χ1v) is 5.88. The van der Waals surface area contributed by atoms with Crippen molar-refractivity contribution in [2.75, 3.05) is 0 Å². The van der Waals surface area contributed by atoms with Crippen LogP contribution in [0.5, 0.6) is 0 Å². The quantitative estimate of drug-likeness (QED) is 0.582. The second-order valence-corrected chi connectivity index (χ2v) is 5.34. The van der Waals surface area contributed by atoms with Gasteiger partial charge in [-0.3, -0.25) is 0 Å². The summed E-state index contributed by atoms with van der Waals surface area (Å²) in [6.07, 6.45) is 3.73. The Kier molecular flexibility index (Phi) is 3.96. The Labute approximate surface area is 94.8 Å². The van der Waals surface area contributed by atoms with Gasteiger partial charge in [0.05, 0.1) is 0 Å². The van der Waals surface area contributed by atoms with Crippen LogP contribution in [0.15, 0.2) is 36.5 Å². The maximum atomic E-state index is 4.11. The molecule has 1 aliphatic rings. The normalized spacial score (nSPS) is 31.0. The van der Waals surface area contributed by atoms with Crippen LogP contribution >= 0.6 is 0 Å². The number of allylic oxidation sites excluding steroid dienone is 3. The van der Waals surface area contributed by atoms with Gasteiger partial charge in [-0.1, -0.05) is 36.5 Å². The zero-order valence-corrected chi connectivity index (χ0v) is 10.5. The molecule has 0 aliphatic heterocycles. The molecule has 0 nitrogen and oxygen atoms in total. The smallest absolute Gasteiger partial charge is 0.0197 e. The zero-order chi connectivity index (χ0) is 11.6. The van der Waals surface area contributed by atoms with Crippen molar-refractivity contribution < 1.29 is 0 Å². The molecule has 0 atom stereocenters. The molecule has 15 heavy (non-hydrogen) atoms. The van der Waals surface area contributed by atoms with Gasteiger partial charge in [0.15, 0.2) is 0 Å². The van der Waals surface area contributed by atoms with E-state index in [1.807, 2.05) is 0 Å². The average molecular weight is 204 g/mol. The zero-order valence-electron chi connectivity index (χ0n) is 10.5. The summed E-state index contributed by atoms with van der Waals surface area (Å²) in [5.41, 5.74) is 3.98. The molecule has 1 fully saturated rings. The van der Waals surface area contributed by atoms with Gasteiger partial charge >= 0.3 is 0 Å². The molecule has 0 N–H and O–H groups in total. The minimum Gasteiger partial charge on any atom is -0.0999 e. The number of rotatable bonds is 3. The third-order valence-electron chi connectivity index (χ3n) is 3.80. The molecule has 0 aromatic carbocycles. The highest BCUT2D eigenvalue weighted by molar-refractivity contribution is 5.11. The van der Waals surface area contributed by atoms with E-state index in [4.69, 9.17) is 0 Å². The minimum atomic E-state index is 0.669. The summed E-state index contributed by atoms with van der Waals surface area (Å²) >= 11 is 0. The van der Waals surface area contributed by atoms with E-state index in [-0.39, 0.29) is 0 Å². The minimum absolute atomic E-state index is 0.669. The summed E-state index contributed by atoms with van der Waals surface area (Å²) in [6.45, 7) is 18.8. The highest BCUT2D eigenvalue weighted by Crippen LogP contribution is 2.41. The van der Waals surface area contributed by atoms with Crippen LogP contribution in [0.4, 0.5) is 0 Å². The Morgan fingerprint density at radius 1 is 0.667 bits per heavy atom.